The lowest BCUT2D eigenvalue weighted by atomic mass is 9.96. The van der Waals surface area contributed by atoms with Crippen molar-refractivity contribution < 1.29 is 14.6 Å². The van der Waals surface area contributed by atoms with Crippen LogP contribution >= 0.6 is 15.9 Å². The van der Waals surface area contributed by atoms with Gasteiger partial charge in [0.25, 0.3) is 0 Å². The van der Waals surface area contributed by atoms with Crippen LogP contribution in [0.4, 0.5) is 0 Å². The Bertz CT molecular complexity index is 430. The molecule has 2 rings (SSSR count). The molecule has 3 N–H and O–H groups in total. The lowest BCUT2D eigenvalue weighted by Crippen LogP contribution is -2.20. The van der Waals surface area contributed by atoms with Gasteiger partial charge in [0, 0.05) is 17.0 Å². The summed E-state index contributed by atoms with van der Waals surface area (Å²) in [5.41, 5.74) is 7.33. The number of ether oxygens (including phenoxy) is 1. The predicted molar refractivity (Wildman–Crippen MR) is 66.9 cm³/mol. The van der Waals surface area contributed by atoms with Gasteiger partial charge in [0.1, 0.15) is 6.04 Å². The second kappa shape index (κ2) is 5.16. The van der Waals surface area contributed by atoms with Gasteiger partial charge in [-0.2, -0.15) is 0 Å². The van der Waals surface area contributed by atoms with E-state index in [2.05, 4.69) is 15.9 Å². The maximum atomic E-state index is 10.8. The van der Waals surface area contributed by atoms with Crippen molar-refractivity contribution in [3.05, 3.63) is 33.8 Å². The molecule has 0 saturated carbocycles. The molecule has 2 atom stereocenters. The van der Waals surface area contributed by atoms with Gasteiger partial charge in [-0.3, -0.25) is 4.79 Å². The van der Waals surface area contributed by atoms with Crippen LogP contribution in [-0.4, -0.2) is 24.3 Å². The molecule has 5 heteroatoms. The van der Waals surface area contributed by atoms with Crippen molar-refractivity contribution in [3.63, 3.8) is 0 Å². The molecule has 1 heterocycles. The summed E-state index contributed by atoms with van der Waals surface area (Å²) in [6.45, 7) is 1.51. The molecule has 1 saturated heterocycles. The second-order valence-corrected chi connectivity index (χ2v) is 5.01. The molecule has 92 valence electrons. The summed E-state index contributed by atoms with van der Waals surface area (Å²) in [5.74, 6) is -0.631. The Hall–Kier alpha value is -0.910. The van der Waals surface area contributed by atoms with Crippen LogP contribution in [0.1, 0.15) is 29.5 Å². The lowest BCUT2D eigenvalue weighted by Gasteiger charge is -2.13. The number of carboxylic acid groups (broad SMARTS) is 1. The van der Waals surface area contributed by atoms with Crippen molar-refractivity contribution in [1.82, 2.24) is 0 Å². The first-order valence-corrected chi connectivity index (χ1v) is 6.24. The average molecular weight is 300 g/mol. The van der Waals surface area contributed by atoms with Crippen LogP contribution in [0.15, 0.2) is 22.7 Å². The molecular weight excluding hydrogens is 286 g/mol. The highest BCUT2D eigenvalue weighted by atomic mass is 79.9. The van der Waals surface area contributed by atoms with Crippen LogP contribution in [-0.2, 0) is 9.53 Å². The highest BCUT2D eigenvalue weighted by molar-refractivity contribution is 9.10. The summed E-state index contributed by atoms with van der Waals surface area (Å²) in [6, 6.07) is 4.52. The second-order valence-electron chi connectivity index (χ2n) is 4.16. The molecule has 1 aromatic carbocycles. The van der Waals surface area contributed by atoms with Crippen molar-refractivity contribution in [3.8, 4) is 0 Å². The van der Waals surface area contributed by atoms with Gasteiger partial charge in [0.05, 0.1) is 6.61 Å². The number of rotatable bonds is 3. The molecule has 0 bridgehead atoms. The normalized spacial score (nSPS) is 21.4. The van der Waals surface area contributed by atoms with Crippen LogP contribution in [0.2, 0.25) is 0 Å². The van der Waals surface area contributed by atoms with Crippen LogP contribution in [0, 0.1) is 0 Å². The number of hydrogen-bond acceptors (Lipinski definition) is 3. The predicted octanol–water partition coefficient (Wildman–Crippen LogP) is 2.04. The van der Waals surface area contributed by atoms with Gasteiger partial charge in [-0.25, -0.2) is 0 Å². The highest BCUT2D eigenvalue weighted by Crippen LogP contribution is 2.32. The van der Waals surface area contributed by atoms with E-state index in [1.807, 2.05) is 6.07 Å². The first-order valence-electron chi connectivity index (χ1n) is 5.45. The minimum absolute atomic E-state index is 0.388. The van der Waals surface area contributed by atoms with Crippen molar-refractivity contribution in [1.29, 1.82) is 0 Å². The Balaban J connectivity index is 2.25. The van der Waals surface area contributed by atoms with Crippen LogP contribution < -0.4 is 5.73 Å². The number of halogens is 1. The van der Waals surface area contributed by atoms with Gasteiger partial charge < -0.3 is 15.6 Å². The molecule has 0 aromatic heterocycles. The Morgan fingerprint density at radius 3 is 2.88 bits per heavy atom. The van der Waals surface area contributed by atoms with Gasteiger partial charge >= 0.3 is 5.97 Å². The summed E-state index contributed by atoms with van der Waals surface area (Å²) >= 11 is 3.47. The van der Waals surface area contributed by atoms with Crippen molar-refractivity contribution in [2.45, 2.75) is 18.4 Å². The molecule has 0 aliphatic carbocycles. The topological polar surface area (TPSA) is 72.6 Å². The summed E-state index contributed by atoms with van der Waals surface area (Å²) in [4.78, 5) is 10.8. The summed E-state index contributed by atoms with van der Waals surface area (Å²) < 4.78 is 6.25. The van der Waals surface area contributed by atoms with Gasteiger partial charge in [-0.05, 0) is 23.6 Å². The van der Waals surface area contributed by atoms with Gasteiger partial charge in [-0.15, -0.1) is 0 Å². The van der Waals surface area contributed by atoms with Crippen LogP contribution in [0.3, 0.4) is 0 Å². The molecule has 1 aliphatic heterocycles. The van der Waals surface area contributed by atoms with E-state index >= 15 is 0 Å². The lowest BCUT2D eigenvalue weighted by molar-refractivity contribution is -0.138. The third-order valence-corrected chi connectivity index (χ3v) is 3.71. The molecule has 0 amide bonds. The molecule has 4 nitrogen and oxygen atoms in total. The molecule has 0 spiro atoms. The minimum atomic E-state index is -1.02. The molecule has 17 heavy (non-hydrogen) atoms. The van der Waals surface area contributed by atoms with E-state index < -0.39 is 12.0 Å². The quantitative estimate of drug-likeness (QED) is 0.896. The fourth-order valence-corrected chi connectivity index (χ4v) is 2.71. The number of hydrogen-bond donors (Lipinski definition) is 2. The monoisotopic (exact) mass is 299 g/mol. The van der Waals surface area contributed by atoms with E-state index in [9.17, 15) is 4.79 Å². The minimum Gasteiger partial charge on any atom is -0.480 e. The number of nitrogens with two attached hydrogens (primary N) is 1. The van der Waals surface area contributed by atoms with E-state index in [1.165, 1.54) is 0 Å². The van der Waals surface area contributed by atoms with Crippen molar-refractivity contribution in [2.24, 2.45) is 5.73 Å². The third-order valence-electron chi connectivity index (χ3n) is 3.02. The molecule has 1 aliphatic rings. The van der Waals surface area contributed by atoms with Gasteiger partial charge in [-0.1, -0.05) is 28.1 Å². The molecular formula is C12H14BrNO3. The van der Waals surface area contributed by atoms with Crippen LogP contribution in [0.5, 0.6) is 0 Å². The number of carbonyl (C=O) groups is 1. The zero-order valence-corrected chi connectivity index (χ0v) is 10.8. The third kappa shape index (κ3) is 2.68. The number of carboxylic acids is 1. The largest absolute Gasteiger partial charge is 0.480 e. The Morgan fingerprint density at radius 1 is 1.59 bits per heavy atom. The van der Waals surface area contributed by atoms with Crippen molar-refractivity contribution in [2.75, 3.05) is 13.2 Å². The zero-order valence-electron chi connectivity index (χ0n) is 9.23. The average Bonchev–Trinajstić information content (AvgIpc) is 2.81. The SMILES string of the molecule is NC(C(=O)O)c1ccc(C2CCOC2)c(Br)c1. The summed E-state index contributed by atoms with van der Waals surface area (Å²) in [5, 5.41) is 8.85. The Labute approximate surface area is 108 Å². The standard InChI is InChI=1S/C12H14BrNO3/c13-10-5-7(11(14)12(15)16)1-2-9(10)8-3-4-17-6-8/h1-2,5,8,11H,3-4,6,14H2,(H,15,16). The van der Waals surface area contributed by atoms with Crippen molar-refractivity contribution >= 4 is 21.9 Å². The van der Waals surface area contributed by atoms with E-state index in [4.69, 9.17) is 15.6 Å². The summed E-state index contributed by atoms with van der Waals surface area (Å²) in [6.07, 6.45) is 1.00. The smallest absolute Gasteiger partial charge is 0.325 e. The Morgan fingerprint density at radius 2 is 2.35 bits per heavy atom. The number of aliphatic carboxylic acids is 1. The first-order chi connectivity index (χ1) is 8.09. The van der Waals surface area contributed by atoms with E-state index in [0.717, 1.165) is 29.7 Å². The van der Waals surface area contributed by atoms with E-state index in [0.29, 0.717) is 11.5 Å². The van der Waals surface area contributed by atoms with Gasteiger partial charge in [0.2, 0.25) is 0 Å². The molecule has 2 unspecified atom stereocenters. The zero-order chi connectivity index (χ0) is 12.4. The van der Waals surface area contributed by atoms with E-state index in [1.54, 1.807) is 12.1 Å². The number of benzene rings is 1. The van der Waals surface area contributed by atoms with E-state index in [-0.39, 0.29) is 0 Å². The fraction of sp³-hybridized carbons (Fsp3) is 0.417. The maximum Gasteiger partial charge on any atom is 0.325 e. The fourth-order valence-electron chi connectivity index (χ4n) is 1.99. The maximum absolute atomic E-state index is 10.8. The summed E-state index contributed by atoms with van der Waals surface area (Å²) in [7, 11) is 0. The molecule has 1 aromatic rings. The highest BCUT2D eigenvalue weighted by Gasteiger charge is 2.21. The molecule has 1 fully saturated rings. The molecule has 0 radical (unpaired) electrons. The van der Waals surface area contributed by atoms with Gasteiger partial charge in [0.15, 0.2) is 0 Å². The van der Waals surface area contributed by atoms with Crippen LogP contribution in [0.25, 0.3) is 0 Å². The Kier molecular flexibility index (Phi) is 3.81. The first kappa shape index (κ1) is 12.5.